The molecule has 2 aromatic carbocycles. The third-order valence-corrected chi connectivity index (χ3v) is 3.45. The number of rotatable bonds is 6. The second-order valence-corrected chi connectivity index (χ2v) is 4.80. The van der Waals surface area contributed by atoms with Gasteiger partial charge in [0, 0.05) is 0 Å². The largest absolute Gasteiger partial charge is 0.486 e. The van der Waals surface area contributed by atoms with Crippen LogP contribution >= 0.6 is 0 Å². The minimum absolute atomic E-state index is 0.130. The van der Waals surface area contributed by atoms with E-state index in [1.54, 1.807) is 7.05 Å². The lowest BCUT2D eigenvalue weighted by Gasteiger charge is -2.18. The van der Waals surface area contributed by atoms with Crippen LogP contribution in [-0.2, 0) is 6.42 Å². The van der Waals surface area contributed by atoms with Crippen molar-refractivity contribution in [2.75, 3.05) is 13.7 Å². The van der Waals surface area contributed by atoms with Gasteiger partial charge in [0.2, 0.25) is 0 Å². The number of aryl methyl sites for hydroxylation is 1. The van der Waals surface area contributed by atoms with E-state index in [1.165, 1.54) is 23.8 Å². The summed E-state index contributed by atoms with van der Waals surface area (Å²) in [6, 6.07) is 11.6. The number of ether oxygens (including phenoxy) is 1. The van der Waals surface area contributed by atoms with Crippen molar-refractivity contribution in [1.29, 1.82) is 0 Å². The topological polar surface area (TPSA) is 21.3 Å². The molecule has 1 atom stereocenters. The molecule has 0 amide bonds. The summed E-state index contributed by atoms with van der Waals surface area (Å²) in [7, 11) is 1.79. The van der Waals surface area contributed by atoms with Gasteiger partial charge < -0.3 is 10.1 Å². The maximum atomic E-state index is 13.5. The SMILES string of the molecule is CCc1ccc(C(COc2c(F)cccc2F)NC)cc1. The summed E-state index contributed by atoms with van der Waals surface area (Å²) in [6.45, 7) is 2.24. The monoisotopic (exact) mass is 291 g/mol. The molecule has 0 bridgehead atoms. The number of benzene rings is 2. The highest BCUT2D eigenvalue weighted by Gasteiger charge is 2.14. The van der Waals surface area contributed by atoms with Crippen molar-refractivity contribution in [2.45, 2.75) is 19.4 Å². The highest BCUT2D eigenvalue weighted by atomic mass is 19.1. The van der Waals surface area contributed by atoms with Crippen LogP contribution in [0.3, 0.4) is 0 Å². The fraction of sp³-hybridized carbons (Fsp3) is 0.294. The molecule has 2 rings (SSSR count). The molecule has 0 heterocycles. The Morgan fingerprint density at radius 2 is 1.67 bits per heavy atom. The van der Waals surface area contributed by atoms with Crippen molar-refractivity contribution in [2.24, 2.45) is 0 Å². The van der Waals surface area contributed by atoms with Gasteiger partial charge in [-0.15, -0.1) is 0 Å². The van der Waals surface area contributed by atoms with Crippen LogP contribution in [0.4, 0.5) is 8.78 Å². The van der Waals surface area contributed by atoms with Crippen LogP contribution in [-0.4, -0.2) is 13.7 Å². The Balaban J connectivity index is 2.08. The smallest absolute Gasteiger partial charge is 0.190 e. The Morgan fingerprint density at radius 1 is 1.05 bits per heavy atom. The fourth-order valence-electron chi connectivity index (χ4n) is 2.12. The van der Waals surface area contributed by atoms with E-state index in [1.807, 2.05) is 24.3 Å². The second-order valence-electron chi connectivity index (χ2n) is 4.80. The van der Waals surface area contributed by atoms with Crippen LogP contribution in [0.25, 0.3) is 0 Å². The predicted molar refractivity (Wildman–Crippen MR) is 79.5 cm³/mol. The zero-order valence-corrected chi connectivity index (χ0v) is 12.2. The molecular formula is C17H19F2NO. The first-order chi connectivity index (χ1) is 10.2. The Kier molecular flexibility index (Phi) is 5.28. The molecule has 2 nitrogen and oxygen atoms in total. The molecule has 112 valence electrons. The van der Waals surface area contributed by atoms with E-state index in [0.29, 0.717) is 0 Å². The maximum absolute atomic E-state index is 13.5. The van der Waals surface area contributed by atoms with Gasteiger partial charge in [0.1, 0.15) is 6.61 Å². The summed E-state index contributed by atoms with van der Waals surface area (Å²) in [4.78, 5) is 0. The molecule has 0 aromatic heterocycles. The molecule has 0 aliphatic rings. The van der Waals surface area contributed by atoms with E-state index < -0.39 is 11.6 Å². The lowest BCUT2D eigenvalue weighted by Crippen LogP contribution is -2.23. The summed E-state index contributed by atoms with van der Waals surface area (Å²) < 4.78 is 32.4. The first-order valence-corrected chi connectivity index (χ1v) is 6.98. The number of para-hydroxylation sites is 1. The average molecular weight is 291 g/mol. The number of likely N-dealkylation sites (N-methyl/N-ethyl adjacent to an activating group) is 1. The van der Waals surface area contributed by atoms with Crippen LogP contribution in [0.15, 0.2) is 42.5 Å². The van der Waals surface area contributed by atoms with E-state index in [9.17, 15) is 8.78 Å². The minimum atomic E-state index is -0.689. The number of hydrogen-bond acceptors (Lipinski definition) is 2. The van der Waals surface area contributed by atoms with Crippen LogP contribution in [0.2, 0.25) is 0 Å². The lowest BCUT2D eigenvalue weighted by atomic mass is 10.0. The van der Waals surface area contributed by atoms with Gasteiger partial charge in [-0.05, 0) is 36.7 Å². The predicted octanol–water partition coefficient (Wildman–Crippen LogP) is 3.87. The molecule has 0 aliphatic carbocycles. The van der Waals surface area contributed by atoms with Crippen LogP contribution in [0, 0.1) is 11.6 Å². The van der Waals surface area contributed by atoms with Crippen molar-refractivity contribution in [3.63, 3.8) is 0 Å². The summed E-state index contributed by atoms with van der Waals surface area (Å²) >= 11 is 0. The second kappa shape index (κ2) is 7.18. The van der Waals surface area contributed by atoms with Crippen LogP contribution in [0.5, 0.6) is 5.75 Å². The van der Waals surface area contributed by atoms with Gasteiger partial charge in [-0.1, -0.05) is 37.3 Å². The number of halogens is 2. The van der Waals surface area contributed by atoms with Crippen LogP contribution in [0.1, 0.15) is 24.1 Å². The molecule has 0 aliphatic heterocycles. The zero-order valence-electron chi connectivity index (χ0n) is 12.2. The first-order valence-electron chi connectivity index (χ1n) is 6.98. The summed E-state index contributed by atoms with van der Waals surface area (Å²) in [6.07, 6.45) is 0.974. The first kappa shape index (κ1) is 15.4. The minimum Gasteiger partial charge on any atom is -0.486 e. The summed E-state index contributed by atoms with van der Waals surface area (Å²) in [5.74, 6) is -1.71. The van der Waals surface area contributed by atoms with Crippen molar-refractivity contribution in [3.8, 4) is 5.75 Å². The highest BCUT2D eigenvalue weighted by Crippen LogP contribution is 2.23. The van der Waals surface area contributed by atoms with Gasteiger partial charge in [0.25, 0.3) is 0 Å². The van der Waals surface area contributed by atoms with Crippen molar-refractivity contribution >= 4 is 0 Å². The zero-order chi connectivity index (χ0) is 15.2. The molecule has 0 saturated heterocycles. The molecular weight excluding hydrogens is 272 g/mol. The van der Waals surface area contributed by atoms with Gasteiger partial charge in [-0.3, -0.25) is 0 Å². The van der Waals surface area contributed by atoms with E-state index in [4.69, 9.17) is 4.74 Å². The van der Waals surface area contributed by atoms with Gasteiger partial charge in [-0.25, -0.2) is 8.78 Å². The molecule has 21 heavy (non-hydrogen) atoms. The molecule has 4 heteroatoms. The standard InChI is InChI=1S/C17H19F2NO/c1-3-12-7-9-13(10-8-12)16(20-2)11-21-17-14(18)5-4-6-15(17)19/h4-10,16,20H,3,11H2,1-2H3. The average Bonchev–Trinajstić information content (AvgIpc) is 2.51. The third kappa shape index (κ3) is 3.79. The van der Waals surface area contributed by atoms with Gasteiger partial charge in [0.15, 0.2) is 17.4 Å². The number of hydrogen-bond donors (Lipinski definition) is 1. The quantitative estimate of drug-likeness (QED) is 0.872. The molecule has 2 aromatic rings. The van der Waals surface area contributed by atoms with Gasteiger partial charge >= 0.3 is 0 Å². The van der Waals surface area contributed by atoms with Crippen molar-refractivity contribution in [3.05, 3.63) is 65.2 Å². The molecule has 0 spiro atoms. The molecule has 1 N–H and O–H groups in total. The summed E-state index contributed by atoms with van der Waals surface area (Å²) in [5.41, 5.74) is 2.26. The van der Waals surface area contributed by atoms with Crippen molar-refractivity contribution < 1.29 is 13.5 Å². The van der Waals surface area contributed by atoms with E-state index >= 15 is 0 Å². The highest BCUT2D eigenvalue weighted by molar-refractivity contribution is 5.28. The van der Waals surface area contributed by atoms with E-state index in [0.717, 1.165) is 12.0 Å². The lowest BCUT2D eigenvalue weighted by molar-refractivity contribution is 0.249. The Morgan fingerprint density at radius 3 is 2.19 bits per heavy atom. The van der Waals surface area contributed by atoms with E-state index in [-0.39, 0.29) is 18.4 Å². The fourth-order valence-corrected chi connectivity index (χ4v) is 2.12. The van der Waals surface area contributed by atoms with Gasteiger partial charge in [-0.2, -0.15) is 0 Å². The molecule has 1 unspecified atom stereocenters. The van der Waals surface area contributed by atoms with Crippen molar-refractivity contribution in [1.82, 2.24) is 5.32 Å². The normalized spacial score (nSPS) is 12.2. The third-order valence-electron chi connectivity index (χ3n) is 3.45. The maximum Gasteiger partial charge on any atom is 0.190 e. The number of nitrogens with one attached hydrogen (secondary N) is 1. The molecule has 0 fully saturated rings. The Hall–Kier alpha value is -1.94. The Labute approximate surface area is 123 Å². The van der Waals surface area contributed by atoms with E-state index in [2.05, 4.69) is 12.2 Å². The van der Waals surface area contributed by atoms with Crippen LogP contribution < -0.4 is 10.1 Å². The summed E-state index contributed by atoms with van der Waals surface area (Å²) in [5, 5.41) is 3.10. The van der Waals surface area contributed by atoms with Gasteiger partial charge in [0.05, 0.1) is 6.04 Å². The molecule has 0 radical (unpaired) electrons. The molecule has 0 saturated carbocycles. The Bertz CT molecular complexity index is 564.